The van der Waals surface area contributed by atoms with Gasteiger partial charge < -0.3 is 5.73 Å². The monoisotopic (exact) mass is 199 g/mol. The van der Waals surface area contributed by atoms with Crippen LogP contribution in [0.5, 0.6) is 0 Å². The van der Waals surface area contributed by atoms with Gasteiger partial charge in [0.15, 0.2) is 0 Å². The SMILES string of the molecule is CC1NNC2CCC(C(N)=S)CC12. The molecule has 1 aliphatic heterocycles. The van der Waals surface area contributed by atoms with E-state index >= 15 is 0 Å². The predicted octanol–water partition coefficient (Wildman–Crippen LogP) is 0.554. The molecule has 2 fully saturated rings. The summed E-state index contributed by atoms with van der Waals surface area (Å²) in [5.74, 6) is 1.18. The van der Waals surface area contributed by atoms with E-state index in [1.807, 2.05) is 0 Å². The highest BCUT2D eigenvalue weighted by atomic mass is 32.1. The van der Waals surface area contributed by atoms with Gasteiger partial charge in [0, 0.05) is 18.0 Å². The number of hydrogen-bond acceptors (Lipinski definition) is 3. The van der Waals surface area contributed by atoms with Crippen molar-refractivity contribution in [3.63, 3.8) is 0 Å². The molecule has 4 atom stereocenters. The third kappa shape index (κ3) is 1.71. The van der Waals surface area contributed by atoms with Crippen molar-refractivity contribution in [1.82, 2.24) is 10.9 Å². The van der Waals surface area contributed by atoms with Gasteiger partial charge in [-0.3, -0.25) is 10.9 Å². The van der Waals surface area contributed by atoms with E-state index in [0.717, 1.165) is 12.8 Å². The average molecular weight is 199 g/mol. The van der Waals surface area contributed by atoms with Gasteiger partial charge in [0.1, 0.15) is 0 Å². The molecule has 0 aromatic carbocycles. The van der Waals surface area contributed by atoms with Crippen molar-refractivity contribution in [2.75, 3.05) is 0 Å². The van der Waals surface area contributed by atoms with Crippen LogP contribution in [-0.4, -0.2) is 17.1 Å². The lowest BCUT2D eigenvalue weighted by Gasteiger charge is -2.31. The van der Waals surface area contributed by atoms with Crippen LogP contribution in [0.3, 0.4) is 0 Å². The summed E-state index contributed by atoms with van der Waals surface area (Å²) in [6.45, 7) is 2.22. The molecule has 1 aliphatic carbocycles. The number of nitrogens with one attached hydrogen (secondary N) is 2. The molecule has 2 rings (SSSR count). The molecular weight excluding hydrogens is 182 g/mol. The maximum absolute atomic E-state index is 5.69. The number of hydrogen-bond donors (Lipinski definition) is 3. The molecule has 4 N–H and O–H groups in total. The lowest BCUT2D eigenvalue weighted by Crippen LogP contribution is -2.38. The molecule has 13 heavy (non-hydrogen) atoms. The van der Waals surface area contributed by atoms with E-state index in [-0.39, 0.29) is 0 Å². The van der Waals surface area contributed by atoms with Crippen molar-refractivity contribution in [1.29, 1.82) is 0 Å². The Hall–Kier alpha value is -0.190. The molecule has 0 aromatic heterocycles. The van der Waals surface area contributed by atoms with Gasteiger partial charge in [-0.15, -0.1) is 0 Å². The molecule has 0 spiro atoms. The largest absolute Gasteiger partial charge is 0.393 e. The van der Waals surface area contributed by atoms with Gasteiger partial charge in [0.25, 0.3) is 0 Å². The van der Waals surface area contributed by atoms with Crippen molar-refractivity contribution in [3.8, 4) is 0 Å². The van der Waals surface area contributed by atoms with Crippen LogP contribution >= 0.6 is 12.2 Å². The highest BCUT2D eigenvalue weighted by Crippen LogP contribution is 2.33. The van der Waals surface area contributed by atoms with Crippen LogP contribution in [0.15, 0.2) is 0 Å². The molecule has 1 heterocycles. The first kappa shape index (κ1) is 9.37. The smallest absolute Gasteiger partial charge is 0.0758 e. The van der Waals surface area contributed by atoms with Crippen molar-refractivity contribution in [3.05, 3.63) is 0 Å². The highest BCUT2D eigenvalue weighted by molar-refractivity contribution is 7.80. The molecule has 4 heteroatoms. The van der Waals surface area contributed by atoms with Crippen LogP contribution in [0.1, 0.15) is 26.2 Å². The molecule has 74 valence electrons. The first-order valence-corrected chi connectivity index (χ1v) is 5.39. The fourth-order valence-electron chi connectivity index (χ4n) is 2.54. The molecule has 0 aromatic rings. The van der Waals surface area contributed by atoms with Gasteiger partial charge in [-0.2, -0.15) is 0 Å². The highest BCUT2D eigenvalue weighted by Gasteiger charge is 2.38. The number of rotatable bonds is 1. The molecular formula is C9H17N3S. The van der Waals surface area contributed by atoms with E-state index < -0.39 is 0 Å². The summed E-state index contributed by atoms with van der Waals surface area (Å²) >= 11 is 5.05. The summed E-state index contributed by atoms with van der Waals surface area (Å²) in [4.78, 5) is 0.706. The van der Waals surface area contributed by atoms with E-state index in [9.17, 15) is 0 Å². The molecule has 2 aliphatic rings. The molecule has 4 unspecified atom stereocenters. The number of thiocarbonyl (C=S) groups is 1. The third-order valence-electron chi connectivity index (χ3n) is 3.44. The Morgan fingerprint density at radius 1 is 1.38 bits per heavy atom. The maximum Gasteiger partial charge on any atom is 0.0758 e. The zero-order valence-electron chi connectivity index (χ0n) is 7.92. The van der Waals surface area contributed by atoms with E-state index in [1.54, 1.807) is 0 Å². The Labute approximate surface area is 84.4 Å². The van der Waals surface area contributed by atoms with E-state index in [2.05, 4.69) is 17.8 Å². The van der Waals surface area contributed by atoms with Crippen LogP contribution in [0.4, 0.5) is 0 Å². The molecule has 1 saturated heterocycles. The van der Waals surface area contributed by atoms with Crippen molar-refractivity contribution < 1.29 is 0 Å². The van der Waals surface area contributed by atoms with Crippen molar-refractivity contribution in [2.45, 2.75) is 38.3 Å². The zero-order valence-corrected chi connectivity index (χ0v) is 8.73. The van der Waals surface area contributed by atoms with E-state index in [0.29, 0.717) is 28.9 Å². The number of hydrazine groups is 1. The molecule has 0 radical (unpaired) electrons. The minimum Gasteiger partial charge on any atom is -0.393 e. The fourth-order valence-corrected chi connectivity index (χ4v) is 2.76. The van der Waals surface area contributed by atoms with Gasteiger partial charge >= 0.3 is 0 Å². The van der Waals surface area contributed by atoms with E-state index in [1.165, 1.54) is 6.42 Å². The quantitative estimate of drug-likeness (QED) is 0.540. The molecule has 0 amide bonds. The van der Waals surface area contributed by atoms with Crippen molar-refractivity contribution in [2.24, 2.45) is 17.6 Å². The lowest BCUT2D eigenvalue weighted by molar-refractivity contribution is 0.279. The number of fused-ring (bicyclic) bond motifs is 1. The van der Waals surface area contributed by atoms with Crippen LogP contribution in [0.2, 0.25) is 0 Å². The van der Waals surface area contributed by atoms with Crippen LogP contribution in [-0.2, 0) is 0 Å². The summed E-state index contributed by atoms with van der Waals surface area (Å²) in [5.41, 5.74) is 12.3. The maximum atomic E-state index is 5.69. The second kappa shape index (κ2) is 3.52. The van der Waals surface area contributed by atoms with Crippen LogP contribution < -0.4 is 16.6 Å². The minimum atomic E-state index is 0.473. The second-order valence-electron chi connectivity index (χ2n) is 4.26. The summed E-state index contributed by atoms with van der Waals surface area (Å²) in [5, 5.41) is 0. The molecule has 3 nitrogen and oxygen atoms in total. The van der Waals surface area contributed by atoms with Crippen molar-refractivity contribution >= 4 is 17.2 Å². The van der Waals surface area contributed by atoms with Gasteiger partial charge in [0.05, 0.1) is 4.99 Å². The first-order valence-electron chi connectivity index (χ1n) is 4.99. The number of nitrogens with two attached hydrogens (primary N) is 1. The van der Waals surface area contributed by atoms with Crippen LogP contribution in [0.25, 0.3) is 0 Å². The summed E-state index contributed by atoms with van der Waals surface area (Å²) in [6, 6.07) is 1.20. The molecule has 1 saturated carbocycles. The Morgan fingerprint density at radius 3 is 2.85 bits per heavy atom. The van der Waals surface area contributed by atoms with Crippen LogP contribution in [0, 0.1) is 11.8 Å². The summed E-state index contributed by atoms with van der Waals surface area (Å²) < 4.78 is 0. The first-order chi connectivity index (χ1) is 6.18. The average Bonchev–Trinajstić information content (AvgIpc) is 2.47. The lowest BCUT2D eigenvalue weighted by atomic mass is 9.76. The minimum absolute atomic E-state index is 0.473. The standard InChI is InChI=1S/C9H17N3S/c1-5-7-4-6(9(10)13)2-3-8(7)12-11-5/h5-8,11-12H,2-4H2,1H3,(H2,10,13). The normalized spacial score (nSPS) is 44.4. The molecule has 0 bridgehead atoms. The summed E-state index contributed by atoms with van der Waals surface area (Å²) in [7, 11) is 0. The Balaban J connectivity index is 2.01. The van der Waals surface area contributed by atoms with Gasteiger partial charge in [-0.25, -0.2) is 0 Å². The fraction of sp³-hybridized carbons (Fsp3) is 0.889. The second-order valence-corrected chi connectivity index (χ2v) is 4.73. The van der Waals surface area contributed by atoms with Gasteiger partial charge in [0.2, 0.25) is 0 Å². The Bertz CT molecular complexity index is 219. The van der Waals surface area contributed by atoms with E-state index in [4.69, 9.17) is 18.0 Å². The third-order valence-corrected chi connectivity index (χ3v) is 3.77. The predicted molar refractivity (Wildman–Crippen MR) is 57.1 cm³/mol. The van der Waals surface area contributed by atoms with Gasteiger partial charge in [-0.05, 0) is 32.1 Å². The Kier molecular flexibility index (Phi) is 2.53. The van der Waals surface area contributed by atoms with Gasteiger partial charge in [-0.1, -0.05) is 12.2 Å². The Morgan fingerprint density at radius 2 is 2.15 bits per heavy atom. The topological polar surface area (TPSA) is 50.1 Å². The zero-order chi connectivity index (χ0) is 9.42. The summed E-state index contributed by atoms with van der Waals surface area (Å²) in [6.07, 6.45) is 3.50.